The number of carbonyl (C=O) groups is 1. The zero-order valence-corrected chi connectivity index (χ0v) is 13.7. The van der Waals surface area contributed by atoms with Gasteiger partial charge in [0.2, 0.25) is 0 Å². The van der Waals surface area contributed by atoms with E-state index in [2.05, 4.69) is 15.3 Å². The molecular weight excluding hydrogens is 330 g/mol. The number of aromatic amines is 1. The molecule has 0 saturated carbocycles. The zero-order valence-electron chi connectivity index (χ0n) is 13.7. The first-order valence-corrected chi connectivity index (χ1v) is 8.10. The molecule has 0 radical (unpaired) electrons. The van der Waals surface area contributed by atoms with Crippen LogP contribution in [-0.4, -0.2) is 15.9 Å². The summed E-state index contributed by atoms with van der Waals surface area (Å²) in [5, 5.41) is 3.78. The second kappa shape index (κ2) is 6.68. The van der Waals surface area contributed by atoms with Gasteiger partial charge in [0.15, 0.2) is 0 Å². The first-order chi connectivity index (χ1) is 12.7. The van der Waals surface area contributed by atoms with Gasteiger partial charge < -0.3 is 14.7 Å². The summed E-state index contributed by atoms with van der Waals surface area (Å²) in [6.07, 6.45) is 3.23. The topological polar surface area (TPSA) is 88.0 Å². The Labute approximate surface area is 148 Å². The lowest BCUT2D eigenvalue weighted by Crippen LogP contribution is -2.29. The molecule has 4 rings (SSSR count). The Morgan fingerprint density at radius 1 is 1.08 bits per heavy atom. The highest BCUT2D eigenvalue weighted by atomic mass is 16.3. The Hall–Kier alpha value is -3.67. The molecule has 128 valence electrons. The molecule has 0 spiro atoms. The van der Waals surface area contributed by atoms with E-state index in [1.807, 2.05) is 30.3 Å². The van der Waals surface area contributed by atoms with Crippen LogP contribution >= 0.6 is 0 Å². The molecular formula is C20H15N3O3. The first-order valence-electron chi connectivity index (χ1n) is 8.10. The molecule has 0 aliphatic heterocycles. The fourth-order valence-corrected chi connectivity index (χ4v) is 2.81. The monoisotopic (exact) mass is 345 g/mol. The summed E-state index contributed by atoms with van der Waals surface area (Å²) in [6, 6.07) is 16.2. The molecule has 6 nitrogen and oxygen atoms in total. The quantitative estimate of drug-likeness (QED) is 0.595. The summed E-state index contributed by atoms with van der Waals surface area (Å²) in [5.74, 6) is 0.0982. The minimum atomic E-state index is -0.465. The number of nitrogens with one attached hydrogen (secondary N) is 2. The first kappa shape index (κ1) is 15.8. The minimum Gasteiger partial charge on any atom is -0.463 e. The van der Waals surface area contributed by atoms with Crippen molar-refractivity contribution in [3.05, 3.63) is 88.5 Å². The smallest absolute Gasteiger partial charge is 0.261 e. The Bertz CT molecular complexity index is 1130. The Morgan fingerprint density at radius 3 is 2.77 bits per heavy atom. The number of benzene rings is 1. The molecule has 0 bridgehead atoms. The van der Waals surface area contributed by atoms with Crippen LogP contribution in [0.15, 0.2) is 76.3 Å². The molecule has 26 heavy (non-hydrogen) atoms. The highest BCUT2D eigenvalue weighted by molar-refractivity contribution is 5.94. The van der Waals surface area contributed by atoms with Crippen LogP contribution in [-0.2, 0) is 6.54 Å². The number of hydrogen-bond acceptors (Lipinski definition) is 4. The summed E-state index contributed by atoms with van der Waals surface area (Å²) in [4.78, 5) is 31.7. The number of H-pyrrole nitrogens is 1. The Balaban J connectivity index is 1.54. The summed E-state index contributed by atoms with van der Waals surface area (Å²) in [5.41, 5.74) is 1.83. The van der Waals surface area contributed by atoms with Crippen LogP contribution in [0.3, 0.4) is 0 Å². The van der Waals surface area contributed by atoms with Gasteiger partial charge in [-0.15, -0.1) is 0 Å². The van der Waals surface area contributed by atoms with Crippen LogP contribution in [0.2, 0.25) is 0 Å². The van der Waals surface area contributed by atoms with Crippen LogP contribution in [0.25, 0.3) is 22.4 Å². The van der Waals surface area contributed by atoms with Crippen LogP contribution in [0.5, 0.6) is 0 Å². The average Bonchev–Trinajstić information content (AvgIpc) is 3.21. The second-order valence-electron chi connectivity index (χ2n) is 5.77. The molecule has 3 heterocycles. The van der Waals surface area contributed by atoms with E-state index in [-0.39, 0.29) is 12.1 Å². The van der Waals surface area contributed by atoms with Gasteiger partial charge in [0.1, 0.15) is 11.3 Å². The van der Waals surface area contributed by atoms with E-state index in [1.54, 1.807) is 24.4 Å². The number of nitrogens with zero attached hydrogens (tertiary/aromatic N) is 1. The van der Waals surface area contributed by atoms with Gasteiger partial charge in [-0.2, -0.15) is 0 Å². The van der Waals surface area contributed by atoms with Crippen molar-refractivity contribution in [2.24, 2.45) is 0 Å². The van der Waals surface area contributed by atoms with Gasteiger partial charge in [0.25, 0.3) is 11.5 Å². The van der Waals surface area contributed by atoms with Gasteiger partial charge in [-0.3, -0.25) is 14.6 Å². The largest absolute Gasteiger partial charge is 0.463 e. The molecule has 0 aliphatic carbocycles. The lowest BCUT2D eigenvalue weighted by molar-refractivity contribution is 0.0949. The van der Waals surface area contributed by atoms with Gasteiger partial charge in [-0.05, 0) is 35.9 Å². The molecule has 6 heteroatoms. The maximum atomic E-state index is 12.4. The van der Waals surface area contributed by atoms with Crippen molar-refractivity contribution in [2.75, 3.05) is 0 Å². The summed E-state index contributed by atoms with van der Waals surface area (Å²) in [6.45, 7) is 0.284. The van der Waals surface area contributed by atoms with E-state index < -0.39 is 11.5 Å². The number of aromatic nitrogens is 2. The molecule has 4 aromatic rings. The lowest BCUT2D eigenvalue weighted by atomic mass is 10.1. The number of rotatable bonds is 4. The third kappa shape index (κ3) is 3.00. The standard InChI is InChI=1S/C20H15N3O3/c24-19(15-8-9-16(23-20(15)25)17-7-3-11-26-17)22-12-14-5-1-4-13-6-2-10-21-18(13)14/h1-11H,12H2,(H,22,24)(H,23,25). The van der Waals surface area contributed by atoms with Gasteiger partial charge in [0, 0.05) is 18.1 Å². The van der Waals surface area contributed by atoms with Gasteiger partial charge in [0.05, 0.1) is 17.5 Å². The molecule has 0 unspecified atom stereocenters. The van der Waals surface area contributed by atoms with Gasteiger partial charge >= 0.3 is 0 Å². The SMILES string of the molecule is O=C(NCc1cccc2cccnc12)c1ccc(-c2ccco2)[nH]c1=O. The summed E-state index contributed by atoms with van der Waals surface area (Å²) < 4.78 is 5.24. The number of furan rings is 1. The van der Waals surface area contributed by atoms with E-state index >= 15 is 0 Å². The fraction of sp³-hybridized carbons (Fsp3) is 0.0500. The molecule has 0 fully saturated rings. The molecule has 1 aromatic carbocycles. The van der Waals surface area contributed by atoms with Crippen molar-refractivity contribution in [3.8, 4) is 11.5 Å². The minimum absolute atomic E-state index is 0.0495. The number of carbonyl (C=O) groups excluding carboxylic acids is 1. The number of amides is 1. The van der Waals surface area contributed by atoms with E-state index in [0.717, 1.165) is 16.5 Å². The number of hydrogen-bond donors (Lipinski definition) is 2. The van der Waals surface area contributed by atoms with E-state index in [0.29, 0.717) is 11.5 Å². The third-order valence-electron chi connectivity index (χ3n) is 4.10. The zero-order chi connectivity index (χ0) is 17.9. The molecule has 2 N–H and O–H groups in total. The van der Waals surface area contributed by atoms with Crippen molar-refractivity contribution >= 4 is 16.8 Å². The third-order valence-corrected chi connectivity index (χ3v) is 4.10. The number of fused-ring (bicyclic) bond motifs is 1. The number of para-hydroxylation sites is 1. The summed E-state index contributed by atoms with van der Waals surface area (Å²) >= 11 is 0. The van der Waals surface area contributed by atoms with Crippen molar-refractivity contribution in [1.29, 1.82) is 0 Å². The molecule has 0 atom stereocenters. The predicted molar refractivity (Wildman–Crippen MR) is 97.7 cm³/mol. The van der Waals surface area contributed by atoms with Gasteiger partial charge in [-0.1, -0.05) is 24.3 Å². The van der Waals surface area contributed by atoms with Crippen molar-refractivity contribution in [1.82, 2.24) is 15.3 Å². The van der Waals surface area contributed by atoms with Crippen LogP contribution in [0.4, 0.5) is 0 Å². The Morgan fingerprint density at radius 2 is 1.96 bits per heavy atom. The van der Waals surface area contributed by atoms with Crippen molar-refractivity contribution in [3.63, 3.8) is 0 Å². The maximum absolute atomic E-state index is 12.4. The fourth-order valence-electron chi connectivity index (χ4n) is 2.81. The lowest BCUT2D eigenvalue weighted by Gasteiger charge is -2.08. The van der Waals surface area contributed by atoms with Crippen molar-refractivity contribution < 1.29 is 9.21 Å². The molecule has 0 saturated heterocycles. The van der Waals surface area contributed by atoms with E-state index in [1.165, 1.54) is 12.3 Å². The Kier molecular flexibility index (Phi) is 4.07. The van der Waals surface area contributed by atoms with E-state index in [9.17, 15) is 9.59 Å². The predicted octanol–water partition coefficient (Wildman–Crippen LogP) is 3.11. The van der Waals surface area contributed by atoms with Crippen molar-refractivity contribution in [2.45, 2.75) is 6.54 Å². The molecule has 3 aromatic heterocycles. The van der Waals surface area contributed by atoms with Gasteiger partial charge in [-0.25, -0.2) is 0 Å². The number of pyridine rings is 2. The molecule has 0 aliphatic rings. The average molecular weight is 345 g/mol. The van der Waals surface area contributed by atoms with Crippen LogP contribution in [0, 0.1) is 0 Å². The highest BCUT2D eigenvalue weighted by Crippen LogP contribution is 2.17. The normalized spacial score (nSPS) is 10.8. The molecule has 1 amide bonds. The maximum Gasteiger partial charge on any atom is 0.261 e. The second-order valence-corrected chi connectivity index (χ2v) is 5.77. The van der Waals surface area contributed by atoms with Crippen LogP contribution < -0.4 is 10.9 Å². The summed E-state index contributed by atoms with van der Waals surface area (Å²) in [7, 11) is 0. The highest BCUT2D eigenvalue weighted by Gasteiger charge is 2.13. The van der Waals surface area contributed by atoms with Crippen LogP contribution in [0.1, 0.15) is 15.9 Å². The van der Waals surface area contributed by atoms with E-state index in [4.69, 9.17) is 4.42 Å².